The Kier molecular flexibility index (Phi) is 4.23. The molecule has 1 amide bonds. The number of hydrogen-bond acceptors (Lipinski definition) is 2. The van der Waals surface area contributed by atoms with Gasteiger partial charge in [0.05, 0.1) is 0 Å². The lowest BCUT2D eigenvalue weighted by Gasteiger charge is -2.22. The van der Waals surface area contributed by atoms with E-state index >= 15 is 0 Å². The molecule has 21 heavy (non-hydrogen) atoms. The first-order chi connectivity index (χ1) is 9.81. The van der Waals surface area contributed by atoms with Crippen LogP contribution in [0.25, 0.3) is 0 Å². The van der Waals surface area contributed by atoms with Gasteiger partial charge in [-0.1, -0.05) is 18.9 Å². The first kappa shape index (κ1) is 14.9. The van der Waals surface area contributed by atoms with Crippen molar-refractivity contribution < 1.29 is 4.79 Å². The van der Waals surface area contributed by atoms with Gasteiger partial charge in [0.25, 0.3) is 5.91 Å². The van der Waals surface area contributed by atoms with E-state index in [1.54, 1.807) is 0 Å². The third-order valence-electron chi connectivity index (χ3n) is 5.35. The van der Waals surface area contributed by atoms with Crippen molar-refractivity contribution in [3.05, 3.63) is 34.9 Å². The summed E-state index contributed by atoms with van der Waals surface area (Å²) in [5.41, 5.74) is 3.52. The smallest absolute Gasteiger partial charge is 0.253 e. The van der Waals surface area contributed by atoms with Gasteiger partial charge in [0.15, 0.2) is 0 Å². The quantitative estimate of drug-likeness (QED) is 0.865. The molecule has 0 radical (unpaired) electrons. The molecule has 1 aromatic carbocycles. The molecule has 2 atom stereocenters. The summed E-state index contributed by atoms with van der Waals surface area (Å²) in [5, 5.41) is 3.34. The molecule has 3 aliphatic rings. The van der Waals surface area contributed by atoms with Crippen molar-refractivity contribution in [3.63, 3.8) is 0 Å². The molecule has 1 aromatic rings. The van der Waals surface area contributed by atoms with Crippen molar-refractivity contribution in [3.8, 4) is 0 Å². The molecule has 2 unspecified atom stereocenters. The molecule has 114 valence electrons. The van der Waals surface area contributed by atoms with Crippen LogP contribution in [0.15, 0.2) is 18.2 Å². The molecule has 0 bridgehead atoms. The summed E-state index contributed by atoms with van der Waals surface area (Å²) in [4.78, 5) is 14.8. The van der Waals surface area contributed by atoms with Gasteiger partial charge >= 0.3 is 0 Å². The molecule has 2 fully saturated rings. The number of nitrogens with one attached hydrogen (secondary N) is 1. The second-order valence-electron chi connectivity index (χ2n) is 6.60. The number of likely N-dealkylation sites (tertiary alicyclic amines) is 1. The Hall–Kier alpha value is -1.06. The first-order valence-corrected chi connectivity index (χ1v) is 7.93. The van der Waals surface area contributed by atoms with E-state index in [9.17, 15) is 4.79 Å². The van der Waals surface area contributed by atoms with Crippen LogP contribution in [0.5, 0.6) is 0 Å². The van der Waals surface area contributed by atoms with Crippen molar-refractivity contribution in [2.75, 3.05) is 13.1 Å². The monoisotopic (exact) mass is 306 g/mol. The van der Waals surface area contributed by atoms with Crippen molar-refractivity contribution in [2.24, 2.45) is 11.8 Å². The molecular formula is C17H23ClN2O. The SMILES string of the molecule is Cl.O=C(c1ccc2c(c1)CNC2)N1CC2CCCCC2C1. The summed E-state index contributed by atoms with van der Waals surface area (Å²) < 4.78 is 0. The van der Waals surface area contributed by atoms with Crippen molar-refractivity contribution >= 4 is 18.3 Å². The summed E-state index contributed by atoms with van der Waals surface area (Å²) in [6.45, 7) is 3.82. The normalized spacial score (nSPS) is 27.0. The zero-order chi connectivity index (χ0) is 13.5. The fraction of sp³-hybridized carbons (Fsp3) is 0.588. The van der Waals surface area contributed by atoms with E-state index in [1.807, 2.05) is 6.07 Å². The maximum atomic E-state index is 12.7. The molecule has 0 aromatic heterocycles. The van der Waals surface area contributed by atoms with Gasteiger partial charge in [-0.2, -0.15) is 0 Å². The number of rotatable bonds is 1. The van der Waals surface area contributed by atoms with Gasteiger partial charge in [-0.15, -0.1) is 12.4 Å². The van der Waals surface area contributed by atoms with Crippen LogP contribution in [-0.2, 0) is 13.1 Å². The van der Waals surface area contributed by atoms with Gasteiger partial charge < -0.3 is 10.2 Å². The second kappa shape index (κ2) is 5.98. The maximum absolute atomic E-state index is 12.7. The largest absolute Gasteiger partial charge is 0.338 e. The van der Waals surface area contributed by atoms with Crippen LogP contribution in [0.1, 0.15) is 47.2 Å². The third-order valence-corrected chi connectivity index (χ3v) is 5.35. The van der Waals surface area contributed by atoms with Crippen LogP contribution in [-0.4, -0.2) is 23.9 Å². The Morgan fingerprint density at radius 3 is 2.43 bits per heavy atom. The topological polar surface area (TPSA) is 32.3 Å². The minimum atomic E-state index is 0. The fourth-order valence-electron chi connectivity index (χ4n) is 4.18. The predicted octanol–water partition coefficient (Wildman–Crippen LogP) is 2.97. The van der Waals surface area contributed by atoms with Gasteiger partial charge in [-0.05, 0) is 47.9 Å². The maximum Gasteiger partial charge on any atom is 0.253 e. The van der Waals surface area contributed by atoms with Crippen molar-refractivity contribution in [1.29, 1.82) is 0 Å². The van der Waals surface area contributed by atoms with Crippen LogP contribution >= 0.6 is 12.4 Å². The lowest BCUT2D eigenvalue weighted by molar-refractivity contribution is 0.0784. The summed E-state index contributed by atoms with van der Waals surface area (Å²) in [7, 11) is 0. The summed E-state index contributed by atoms with van der Waals surface area (Å²) in [5.74, 6) is 1.78. The average molecular weight is 307 g/mol. The van der Waals surface area contributed by atoms with E-state index in [-0.39, 0.29) is 18.3 Å². The minimum absolute atomic E-state index is 0. The number of carbonyl (C=O) groups is 1. The lowest BCUT2D eigenvalue weighted by atomic mass is 9.82. The molecule has 0 spiro atoms. The fourth-order valence-corrected chi connectivity index (χ4v) is 4.18. The molecule has 1 N–H and O–H groups in total. The standard InChI is InChI=1S/C17H22N2O.ClH/c20-17(12-5-6-13-8-18-9-16(13)7-12)19-10-14-3-1-2-4-15(14)11-19;/h5-7,14-15,18H,1-4,8-11H2;1H. The Bertz CT molecular complexity index is 532. The third kappa shape index (κ3) is 2.69. The van der Waals surface area contributed by atoms with Gasteiger partial charge in [-0.25, -0.2) is 0 Å². The Morgan fingerprint density at radius 2 is 1.71 bits per heavy atom. The predicted molar refractivity (Wildman–Crippen MR) is 85.6 cm³/mol. The van der Waals surface area contributed by atoms with Gasteiger partial charge in [0.1, 0.15) is 0 Å². The molecule has 1 saturated carbocycles. The molecule has 1 aliphatic carbocycles. The van der Waals surface area contributed by atoms with Gasteiger partial charge in [-0.3, -0.25) is 4.79 Å². The molecule has 1 saturated heterocycles. The highest BCUT2D eigenvalue weighted by atomic mass is 35.5. The Morgan fingerprint density at radius 1 is 1.05 bits per heavy atom. The number of benzene rings is 1. The summed E-state index contributed by atoms with van der Waals surface area (Å²) >= 11 is 0. The number of halogens is 1. The zero-order valence-corrected chi connectivity index (χ0v) is 13.1. The first-order valence-electron chi connectivity index (χ1n) is 7.93. The molecule has 3 nitrogen and oxygen atoms in total. The Balaban J connectivity index is 0.00000132. The zero-order valence-electron chi connectivity index (χ0n) is 12.3. The highest BCUT2D eigenvalue weighted by Crippen LogP contribution is 2.36. The van der Waals surface area contributed by atoms with E-state index in [0.717, 1.165) is 43.6 Å². The van der Waals surface area contributed by atoms with Crippen LogP contribution in [0.2, 0.25) is 0 Å². The number of carbonyl (C=O) groups excluding carboxylic acids is 1. The van der Waals surface area contributed by atoms with Crippen molar-refractivity contribution in [2.45, 2.75) is 38.8 Å². The highest BCUT2D eigenvalue weighted by Gasteiger charge is 2.36. The van der Waals surface area contributed by atoms with Crippen LogP contribution < -0.4 is 5.32 Å². The van der Waals surface area contributed by atoms with E-state index in [0.29, 0.717) is 0 Å². The van der Waals surface area contributed by atoms with E-state index in [1.165, 1.54) is 36.8 Å². The molecular weight excluding hydrogens is 284 g/mol. The van der Waals surface area contributed by atoms with Crippen LogP contribution in [0.3, 0.4) is 0 Å². The second-order valence-corrected chi connectivity index (χ2v) is 6.60. The lowest BCUT2D eigenvalue weighted by Crippen LogP contribution is -2.29. The summed E-state index contributed by atoms with van der Waals surface area (Å²) in [6, 6.07) is 6.22. The van der Waals surface area contributed by atoms with Crippen molar-refractivity contribution in [1.82, 2.24) is 10.2 Å². The number of fused-ring (bicyclic) bond motifs is 2. The molecule has 4 heteroatoms. The Labute approximate surface area is 132 Å². The van der Waals surface area contributed by atoms with E-state index in [2.05, 4.69) is 22.3 Å². The number of hydrogen-bond donors (Lipinski definition) is 1. The van der Waals surface area contributed by atoms with Gasteiger partial charge in [0.2, 0.25) is 0 Å². The highest BCUT2D eigenvalue weighted by molar-refractivity contribution is 5.94. The number of nitrogens with zero attached hydrogens (tertiary/aromatic N) is 1. The summed E-state index contributed by atoms with van der Waals surface area (Å²) in [6.07, 6.45) is 5.35. The minimum Gasteiger partial charge on any atom is -0.338 e. The molecule has 2 aliphatic heterocycles. The average Bonchev–Trinajstić information content (AvgIpc) is 3.11. The van der Waals surface area contributed by atoms with E-state index < -0.39 is 0 Å². The van der Waals surface area contributed by atoms with Gasteiger partial charge in [0, 0.05) is 31.7 Å². The van der Waals surface area contributed by atoms with Crippen LogP contribution in [0.4, 0.5) is 0 Å². The molecule has 2 heterocycles. The molecule has 4 rings (SSSR count). The van der Waals surface area contributed by atoms with Crippen LogP contribution in [0, 0.1) is 11.8 Å². The van der Waals surface area contributed by atoms with E-state index in [4.69, 9.17) is 0 Å². The number of amides is 1.